The van der Waals surface area contributed by atoms with Crippen LogP contribution in [0.4, 0.5) is 11.6 Å². The van der Waals surface area contributed by atoms with E-state index in [4.69, 9.17) is 14.7 Å². The fourth-order valence-corrected chi connectivity index (χ4v) is 4.78. The number of benzene rings is 1. The number of hydrogen-bond donors (Lipinski definition) is 2. The molecule has 1 aliphatic heterocycles. The van der Waals surface area contributed by atoms with Crippen LogP contribution in [0.25, 0.3) is 16.9 Å². The summed E-state index contributed by atoms with van der Waals surface area (Å²) < 4.78 is 8.34. The number of aromatic nitrogens is 4. The highest BCUT2D eigenvalue weighted by Crippen LogP contribution is 2.28. The number of anilines is 2. The van der Waals surface area contributed by atoms with Crippen molar-refractivity contribution in [1.82, 2.24) is 24.4 Å². The van der Waals surface area contributed by atoms with Crippen molar-refractivity contribution in [2.45, 2.75) is 58.7 Å². The van der Waals surface area contributed by atoms with Crippen molar-refractivity contribution in [1.29, 1.82) is 0 Å². The average molecular weight is 501 g/mol. The van der Waals surface area contributed by atoms with Crippen LogP contribution in [0.15, 0.2) is 48.7 Å². The quantitative estimate of drug-likeness (QED) is 0.364. The first-order valence-electron chi connectivity index (χ1n) is 13.0. The first kappa shape index (κ1) is 25.2. The molecule has 4 aromatic rings. The predicted octanol–water partition coefficient (Wildman–Crippen LogP) is 5.13. The van der Waals surface area contributed by atoms with Gasteiger partial charge in [0.2, 0.25) is 5.95 Å². The third-order valence-corrected chi connectivity index (χ3v) is 6.96. The summed E-state index contributed by atoms with van der Waals surface area (Å²) in [6.45, 7) is 9.80. The van der Waals surface area contributed by atoms with Gasteiger partial charge in [-0.1, -0.05) is 13.0 Å². The van der Waals surface area contributed by atoms with Gasteiger partial charge in [0.25, 0.3) is 0 Å². The summed E-state index contributed by atoms with van der Waals surface area (Å²) in [5.41, 5.74) is 3.41. The lowest BCUT2D eigenvalue weighted by atomic mass is 10.1. The van der Waals surface area contributed by atoms with E-state index in [0.717, 1.165) is 71.9 Å². The molecule has 0 unspecified atom stereocenters. The minimum Gasteiger partial charge on any atom is -0.490 e. The van der Waals surface area contributed by atoms with Crippen LogP contribution in [0, 0.1) is 6.92 Å². The number of pyridine rings is 1. The number of nitrogens with one attached hydrogen (secondary N) is 1. The van der Waals surface area contributed by atoms with Crippen molar-refractivity contribution >= 4 is 22.7 Å². The first-order valence-corrected chi connectivity index (χ1v) is 13.0. The normalized spacial score (nSPS) is 15.3. The number of likely N-dealkylation sites (tertiary alicyclic amines) is 1. The third-order valence-electron chi connectivity index (χ3n) is 6.96. The Kier molecular flexibility index (Phi) is 6.88. The van der Waals surface area contributed by atoms with Crippen LogP contribution < -0.4 is 10.1 Å². The molecule has 0 amide bonds. The van der Waals surface area contributed by atoms with Crippen LogP contribution >= 0.6 is 0 Å². The second-order valence-electron chi connectivity index (χ2n) is 10.5. The van der Waals surface area contributed by atoms with E-state index in [-0.39, 0.29) is 6.10 Å². The molecule has 1 aliphatic rings. The molecule has 1 aromatic carbocycles. The molecular formula is C29H36N6O2. The minimum absolute atomic E-state index is 0.267. The van der Waals surface area contributed by atoms with Gasteiger partial charge in [-0.3, -0.25) is 4.57 Å². The van der Waals surface area contributed by atoms with Crippen molar-refractivity contribution in [2.24, 2.45) is 0 Å². The van der Waals surface area contributed by atoms with Gasteiger partial charge in [-0.05, 0) is 89.0 Å². The van der Waals surface area contributed by atoms with Crippen LogP contribution in [0.3, 0.4) is 0 Å². The molecule has 194 valence electrons. The Morgan fingerprint density at radius 2 is 1.89 bits per heavy atom. The van der Waals surface area contributed by atoms with Gasteiger partial charge in [-0.15, -0.1) is 0 Å². The molecule has 2 N–H and O–H groups in total. The van der Waals surface area contributed by atoms with E-state index >= 15 is 0 Å². The molecule has 4 heterocycles. The highest BCUT2D eigenvalue weighted by molar-refractivity contribution is 5.80. The first-order chi connectivity index (χ1) is 17.7. The van der Waals surface area contributed by atoms with Gasteiger partial charge in [-0.25, -0.2) is 9.97 Å². The molecule has 1 fully saturated rings. The largest absolute Gasteiger partial charge is 0.490 e. The van der Waals surface area contributed by atoms with E-state index in [1.54, 1.807) is 13.8 Å². The van der Waals surface area contributed by atoms with Gasteiger partial charge < -0.3 is 20.1 Å². The summed E-state index contributed by atoms with van der Waals surface area (Å²) in [5.74, 6) is 2.16. The molecule has 0 spiro atoms. The Morgan fingerprint density at radius 1 is 1.11 bits per heavy atom. The van der Waals surface area contributed by atoms with Crippen molar-refractivity contribution in [3.63, 3.8) is 0 Å². The molecule has 0 saturated carbocycles. The number of hydrogen-bond acceptors (Lipinski definition) is 7. The number of nitrogens with zero attached hydrogens (tertiary/aromatic N) is 5. The number of fused-ring (bicyclic) bond motifs is 1. The SMILES string of the molecule is CCc1cc2cnc(Nc3ccc(OC4CCN(C)CC4)c(C)c3)nc2n1-c1cccc(C(C)(C)O)n1. The van der Waals surface area contributed by atoms with Gasteiger partial charge in [0.1, 0.15) is 23.3 Å². The smallest absolute Gasteiger partial charge is 0.229 e. The minimum atomic E-state index is -1.03. The Morgan fingerprint density at radius 3 is 2.59 bits per heavy atom. The number of aliphatic hydroxyl groups is 1. The highest BCUT2D eigenvalue weighted by Gasteiger charge is 2.21. The van der Waals surface area contributed by atoms with Crippen molar-refractivity contribution in [2.75, 3.05) is 25.5 Å². The zero-order valence-corrected chi connectivity index (χ0v) is 22.3. The summed E-state index contributed by atoms with van der Waals surface area (Å²) in [6.07, 6.45) is 5.02. The van der Waals surface area contributed by atoms with Gasteiger partial charge in [-0.2, -0.15) is 4.98 Å². The number of rotatable bonds is 7. The molecule has 1 saturated heterocycles. The molecule has 0 bridgehead atoms. The number of aryl methyl sites for hydroxylation is 2. The van der Waals surface area contributed by atoms with Crippen LogP contribution in [-0.2, 0) is 12.0 Å². The summed E-state index contributed by atoms with van der Waals surface area (Å²) in [4.78, 5) is 16.5. The summed E-state index contributed by atoms with van der Waals surface area (Å²) in [6, 6.07) is 13.9. The lowest BCUT2D eigenvalue weighted by Crippen LogP contribution is -2.35. The van der Waals surface area contributed by atoms with Gasteiger partial charge >= 0.3 is 0 Å². The summed E-state index contributed by atoms with van der Waals surface area (Å²) in [5, 5.41) is 14.8. The Labute approximate surface area is 218 Å². The van der Waals surface area contributed by atoms with Crippen LogP contribution in [0.1, 0.15) is 50.6 Å². The molecular weight excluding hydrogens is 464 g/mol. The average Bonchev–Trinajstić information content (AvgIpc) is 3.24. The number of piperidine rings is 1. The third kappa shape index (κ3) is 5.45. The fourth-order valence-electron chi connectivity index (χ4n) is 4.78. The molecule has 8 nitrogen and oxygen atoms in total. The van der Waals surface area contributed by atoms with Crippen molar-refractivity contribution in [3.8, 4) is 11.6 Å². The molecule has 0 radical (unpaired) electrons. The van der Waals surface area contributed by atoms with Crippen LogP contribution in [0.2, 0.25) is 0 Å². The van der Waals surface area contributed by atoms with E-state index in [1.165, 1.54) is 0 Å². The van der Waals surface area contributed by atoms with E-state index in [1.807, 2.05) is 41.1 Å². The predicted molar refractivity (Wildman–Crippen MR) is 147 cm³/mol. The Balaban J connectivity index is 1.42. The number of ether oxygens (including phenoxy) is 1. The van der Waals surface area contributed by atoms with E-state index in [9.17, 15) is 5.11 Å². The second kappa shape index (κ2) is 10.1. The highest BCUT2D eigenvalue weighted by atomic mass is 16.5. The lowest BCUT2D eigenvalue weighted by molar-refractivity contribution is 0.0738. The molecule has 8 heteroatoms. The van der Waals surface area contributed by atoms with E-state index < -0.39 is 5.60 Å². The van der Waals surface area contributed by atoms with E-state index in [0.29, 0.717) is 11.6 Å². The Hall–Kier alpha value is -3.49. The van der Waals surface area contributed by atoms with Gasteiger partial charge in [0.15, 0.2) is 5.65 Å². The zero-order chi connectivity index (χ0) is 26.2. The van der Waals surface area contributed by atoms with Crippen LogP contribution in [0.5, 0.6) is 5.75 Å². The van der Waals surface area contributed by atoms with Crippen molar-refractivity contribution in [3.05, 3.63) is 65.6 Å². The fraction of sp³-hybridized carbons (Fsp3) is 0.414. The van der Waals surface area contributed by atoms with Gasteiger partial charge in [0.05, 0.1) is 5.69 Å². The van der Waals surface area contributed by atoms with E-state index in [2.05, 4.69) is 48.2 Å². The standard InChI is InChI=1S/C29H36N6O2/c1-6-22-17-20-18-30-28(33-27(20)35(22)26-9-7-8-25(32-26)29(3,4)36)31-21-10-11-24(19(2)16-21)37-23-12-14-34(5)15-13-23/h7-11,16-18,23,36H,6,12-15H2,1-5H3,(H,30,31,33). The topological polar surface area (TPSA) is 88.3 Å². The van der Waals surface area contributed by atoms with Crippen molar-refractivity contribution < 1.29 is 9.84 Å². The second-order valence-corrected chi connectivity index (χ2v) is 10.5. The van der Waals surface area contributed by atoms with Crippen LogP contribution in [-0.4, -0.2) is 55.8 Å². The molecule has 5 rings (SSSR count). The molecule has 0 aliphatic carbocycles. The lowest BCUT2D eigenvalue weighted by Gasteiger charge is -2.29. The summed E-state index contributed by atoms with van der Waals surface area (Å²) in [7, 11) is 2.16. The molecule has 3 aromatic heterocycles. The maximum absolute atomic E-state index is 10.5. The van der Waals surface area contributed by atoms with Gasteiger partial charge in [0, 0.05) is 36.1 Å². The molecule has 0 atom stereocenters. The summed E-state index contributed by atoms with van der Waals surface area (Å²) >= 11 is 0. The maximum atomic E-state index is 10.5. The maximum Gasteiger partial charge on any atom is 0.229 e. The zero-order valence-electron chi connectivity index (χ0n) is 22.3. The Bertz CT molecular complexity index is 1400. The molecule has 37 heavy (non-hydrogen) atoms. The monoisotopic (exact) mass is 500 g/mol.